The van der Waals surface area contributed by atoms with Gasteiger partial charge in [0, 0.05) is 37.1 Å². The number of pyridine rings is 1. The monoisotopic (exact) mass is 277 g/mol. The molecule has 0 spiro atoms. The van der Waals surface area contributed by atoms with Crippen LogP contribution in [-0.4, -0.2) is 34.9 Å². The molecule has 1 fully saturated rings. The number of amides is 1. The first-order valence-corrected chi connectivity index (χ1v) is 7.27. The van der Waals surface area contributed by atoms with Gasteiger partial charge in [-0.25, -0.2) is 0 Å². The van der Waals surface area contributed by atoms with Gasteiger partial charge in [-0.15, -0.1) is 0 Å². The van der Waals surface area contributed by atoms with Gasteiger partial charge in [-0.3, -0.25) is 9.59 Å². The number of nitrogens with two attached hydrogens (primary N) is 1. The third-order valence-corrected chi connectivity index (χ3v) is 4.22. The fraction of sp³-hybridized carbons (Fsp3) is 0.600. The molecule has 1 aliphatic heterocycles. The Morgan fingerprint density at radius 2 is 2.30 bits per heavy atom. The maximum absolute atomic E-state index is 12.5. The molecule has 3 N–H and O–H groups in total. The van der Waals surface area contributed by atoms with Crippen LogP contribution in [0.15, 0.2) is 17.1 Å². The maximum atomic E-state index is 12.5. The second-order valence-electron chi connectivity index (χ2n) is 5.58. The van der Waals surface area contributed by atoms with Crippen LogP contribution in [-0.2, 0) is 0 Å². The maximum Gasteiger partial charge on any atom is 0.259 e. The summed E-state index contributed by atoms with van der Waals surface area (Å²) >= 11 is 0. The van der Waals surface area contributed by atoms with Gasteiger partial charge in [0.1, 0.15) is 5.56 Å². The van der Waals surface area contributed by atoms with Crippen LogP contribution in [0.4, 0.5) is 0 Å². The molecule has 0 radical (unpaired) electrons. The number of aromatic nitrogens is 1. The summed E-state index contributed by atoms with van der Waals surface area (Å²) in [5, 5.41) is 0. The first-order valence-electron chi connectivity index (χ1n) is 7.27. The average Bonchev–Trinajstić information content (AvgIpc) is 2.46. The number of carbonyl (C=O) groups excluding carboxylic acids is 1. The molecule has 2 unspecified atom stereocenters. The van der Waals surface area contributed by atoms with Gasteiger partial charge < -0.3 is 15.6 Å². The zero-order valence-electron chi connectivity index (χ0n) is 12.2. The third kappa shape index (κ3) is 2.93. The Bertz CT molecular complexity index is 538. The van der Waals surface area contributed by atoms with E-state index in [1.54, 1.807) is 11.8 Å². The molecule has 2 atom stereocenters. The number of aromatic amines is 1. The quantitative estimate of drug-likeness (QED) is 0.873. The molecule has 1 aromatic heterocycles. The van der Waals surface area contributed by atoms with E-state index in [2.05, 4.69) is 11.9 Å². The molecule has 0 saturated carbocycles. The van der Waals surface area contributed by atoms with Crippen LogP contribution < -0.4 is 11.2 Å². The highest BCUT2D eigenvalue weighted by molar-refractivity contribution is 5.94. The van der Waals surface area contributed by atoms with Crippen molar-refractivity contribution in [2.45, 2.75) is 39.2 Å². The standard InChI is InChI=1S/C15H23N3O2/c1-3-11-4-5-18(12(7-11)8-16)15(20)13-9-17-10(2)6-14(13)19/h6,9,11-12H,3-5,7-8,16H2,1-2H3,(H,17,19). The van der Waals surface area contributed by atoms with Crippen LogP contribution in [0.5, 0.6) is 0 Å². The van der Waals surface area contributed by atoms with Gasteiger partial charge >= 0.3 is 0 Å². The predicted octanol–water partition coefficient (Wildman–Crippen LogP) is 1.27. The fourth-order valence-electron chi connectivity index (χ4n) is 2.89. The van der Waals surface area contributed by atoms with Crippen molar-refractivity contribution in [3.05, 3.63) is 33.7 Å². The Kier molecular flexibility index (Phi) is 4.60. The summed E-state index contributed by atoms with van der Waals surface area (Å²) in [6, 6.07) is 1.51. The van der Waals surface area contributed by atoms with Gasteiger partial charge in [0.25, 0.3) is 5.91 Å². The first kappa shape index (κ1) is 14.8. The molecule has 0 bridgehead atoms. The molecule has 1 aliphatic rings. The van der Waals surface area contributed by atoms with Crippen molar-refractivity contribution >= 4 is 5.91 Å². The molecule has 0 aromatic carbocycles. The smallest absolute Gasteiger partial charge is 0.259 e. The molecule has 5 nitrogen and oxygen atoms in total. The van der Waals surface area contributed by atoms with E-state index in [-0.39, 0.29) is 22.9 Å². The molecule has 0 aliphatic carbocycles. The second kappa shape index (κ2) is 6.22. The Hall–Kier alpha value is -1.62. The van der Waals surface area contributed by atoms with E-state index >= 15 is 0 Å². The molecular weight excluding hydrogens is 254 g/mol. The molecule has 2 rings (SSSR count). The van der Waals surface area contributed by atoms with Crippen LogP contribution in [0, 0.1) is 12.8 Å². The molecule has 2 heterocycles. The van der Waals surface area contributed by atoms with Crippen molar-refractivity contribution in [3.8, 4) is 0 Å². The topological polar surface area (TPSA) is 79.2 Å². The van der Waals surface area contributed by atoms with E-state index < -0.39 is 0 Å². The first-order chi connectivity index (χ1) is 9.56. The SMILES string of the molecule is CCC1CCN(C(=O)c2c[nH]c(C)cc2=O)C(CN)C1. The van der Waals surface area contributed by atoms with E-state index in [1.165, 1.54) is 12.3 Å². The van der Waals surface area contributed by atoms with Crippen molar-refractivity contribution in [2.24, 2.45) is 11.7 Å². The van der Waals surface area contributed by atoms with Crippen molar-refractivity contribution in [1.29, 1.82) is 0 Å². The normalized spacial score (nSPS) is 22.9. The Morgan fingerprint density at radius 3 is 2.90 bits per heavy atom. The second-order valence-corrected chi connectivity index (χ2v) is 5.58. The summed E-state index contributed by atoms with van der Waals surface area (Å²) in [4.78, 5) is 29.2. The summed E-state index contributed by atoms with van der Waals surface area (Å²) < 4.78 is 0. The van der Waals surface area contributed by atoms with Crippen LogP contribution in [0.25, 0.3) is 0 Å². The lowest BCUT2D eigenvalue weighted by atomic mass is 9.88. The van der Waals surface area contributed by atoms with Crippen molar-refractivity contribution in [1.82, 2.24) is 9.88 Å². The molecule has 1 saturated heterocycles. The summed E-state index contributed by atoms with van der Waals surface area (Å²) in [6.45, 7) is 5.10. The Balaban J connectivity index is 2.21. The minimum Gasteiger partial charge on any atom is -0.364 e. The zero-order valence-corrected chi connectivity index (χ0v) is 12.2. The van der Waals surface area contributed by atoms with E-state index in [0.29, 0.717) is 19.0 Å². The lowest BCUT2D eigenvalue weighted by Crippen LogP contribution is -2.50. The molecule has 20 heavy (non-hydrogen) atoms. The van der Waals surface area contributed by atoms with Crippen LogP contribution in [0.2, 0.25) is 0 Å². The highest BCUT2D eigenvalue weighted by Crippen LogP contribution is 2.25. The number of rotatable bonds is 3. The summed E-state index contributed by atoms with van der Waals surface area (Å²) in [5.41, 5.74) is 6.55. The summed E-state index contributed by atoms with van der Waals surface area (Å²) in [5.74, 6) is 0.431. The molecule has 110 valence electrons. The number of hydrogen-bond acceptors (Lipinski definition) is 3. The van der Waals surface area contributed by atoms with E-state index in [9.17, 15) is 9.59 Å². The van der Waals surface area contributed by atoms with Crippen LogP contribution >= 0.6 is 0 Å². The van der Waals surface area contributed by atoms with E-state index in [0.717, 1.165) is 25.0 Å². The predicted molar refractivity (Wildman–Crippen MR) is 78.7 cm³/mol. The molecule has 5 heteroatoms. The number of nitrogens with one attached hydrogen (secondary N) is 1. The lowest BCUT2D eigenvalue weighted by Gasteiger charge is -2.38. The fourth-order valence-corrected chi connectivity index (χ4v) is 2.89. The van der Waals surface area contributed by atoms with Gasteiger partial charge in [0.15, 0.2) is 5.43 Å². The van der Waals surface area contributed by atoms with Gasteiger partial charge in [0.05, 0.1) is 0 Å². The molecular formula is C15H23N3O2. The van der Waals surface area contributed by atoms with E-state index in [1.807, 2.05) is 0 Å². The lowest BCUT2D eigenvalue weighted by molar-refractivity contribution is 0.0557. The molecule has 1 aromatic rings. The van der Waals surface area contributed by atoms with Gasteiger partial charge in [-0.05, 0) is 25.7 Å². The number of piperidine rings is 1. The number of nitrogens with zero attached hydrogens (tertiary/aromatic N) is 1. The highest BCUT2D eigenvalue weighted by Gasteiger charge is 2.31. The van der Waals surface area contributed by atoms with E-state index in [4.69, 9.17) is 5.73 Å². The zero-order chi connectivity index (χ0) is 14.7. The Morgan fingerprint density at radius 1 is 1.55 bits per heavy atom. The minimum atomic E-state index is -0.223. The number of H-pyrrole nitrogens is 1. The third-order valence-electron chi connectivity index (χ3n) is 4.22. The summed E-state index contributed by atoms with van der Waals surface area (Å²) in [6.07, 6.45) is 4.55. The van der Waals surface area contributed by atoms with Crippen molar-refractivity contribution < 1.29 is 4.79 Å². The van der Waals surface area contributed by atoms with Crippen molar-refractivity contribution in [3.63, 3.8) is 0 Å². The average molecular weight is 277 g/mol. The number of carbonyl (C=O) groups is 1. The minimum absolute atomic E-state index is 0.0434. The highest BCUT2D eigenvalue weighted by atomic mass is 16.2. The van der Waals surface area contributed by atoms with Gasteiger partial charge in [0.2, 0.25) is 0 Å². The number of likely N-dealkylation sites (tertiary alicyclic amines) is 1. The van der Waals surface area contributed by atoms with Crippen molar-refractivity contribution in [2.75, 3.05) is 13.1 Å². The number of aryl methyl sites for hydroxylation is 1. The van der Waals surface area contributed by atoms with Gasteiger partial charge in [-0.2, -0.15) is 0 Å². The number of hydrogen-bond donors (Lipinski definition) is 2. The molecule has 1 amide bonds. The van der Waals surface area contributed by atoms with Gasteiger partial charge in [-0.1, -0.05) is 13.3 Å². The van der Waals surface area contributed by atoms with Crippen LogP contribution in [0.3, 0.4) is 0 Å². The Labute approximate surface area is 119 Å². The summed E-state index contributed by atoms with van der Waals surface area (Å²) in [7, 11) is 0. The van der Waals surface area contributed by atoms with Crippen LogP contribution in [0.1, 0.15) is 42.2 Å². The largest absolute Gasteiger partial charge is 0.364 e.